The molecule has 2 heterocycles. The molecule has 4 heteroatoms. The van der Waals surface area contributed by atoms with E-state index in [1.165, 1.54) is 21.7 Å². The Morgan fingerprint density at radius 1 is 1.29 bits per heavy atom. The third kappa shape index (κ3) is 4.99. The van der Waals surface area contributed by atoms with E-state index in [-0.39, 0.29) is 0 Å². The van der Waals surface area contributed by atoms with E-state index >= 15 is 0 Å². The summed E-state index contributed by atoms with van der Waals surface area (Å²) in [5, 5.41) is 3.48. The van der Waals surface area contributed by atoms with Gasteiger partial charge in [0.1, 0.15) is 5.76 Å². The van der Waals surface area contributed by atoms with Gasteiger partial charge in [0.15, 0.2) is 0 Å². The van der Waals surface area contributed by atoms with Crippen LogP contribution >= 0.6 is 11.3 Å². The third-order valence-electron chi connectivity index (χ3n) is 3.60. The average molecular weight is 306 g/mol. The van der Waals surface area contributed by atoms with Crippen molar-refractivity contribution in [3.8, 4) is 0 Å². The summed E-state index contributed by atoms with van der Waals surface area (Å²) < 4.78 is 5.46. The van der Waals surface area contributed by atoms with Crippen molar-refractivity contribution in [1.82, 2.24) is 10.2 Å². The number of hydrogen-bond donors (Lipinski definition) is 1. The van der Waals surface area contributed by atoms with Gasteiger partial charge in [0, 0.05) is 22.8 Å². The van der Waals surface area contributed by atoms with E-state index in [1.807, 2.05) is 23.5 Å². The van der Waals surface area contributed by atoms with Crippen LogP contribution in [0.1, 0.15) is 41.3 Å². The second-order valence-electron chi connectivity index (χ2n) is 5.35. The van der Waals surface area contributed by atoms with E-state index in [4.69, 9.17) is 4.42 Å². The zero-order valence-corrected chi connectivity index (χ0v) is 14.1. The molecule has 0 aliphatic carbocycles. The molecule has 0 saturated heterocycles. The third-order valence-corrected chi connectivity index (χ3v) is 4.69. The van der Waals surface area contributed by atoms with Gasteiger partial charge >= 0.3 is 0 Å². The summed E-state index contributed by atoms with van der Waals surface area (Å²) in [4.78, 5) is 5.28. The molecule has 0 fully saturated rings. The first-order valence-corrected chi connectivity index (χ1v) is 8.58. The summed E-state index contributed by atoms with van der Waals surface area (Å²) in [5.41, 5.74) is 1.45. The molecule has 0 aliphatic rings. The molecule has 0 radical (unpaired) electrons. The Morgan fingerprint density at radius 2 is 2.14 bits per heavy atom. The fraction of sp³-hybridized carbons (Fsp3) is 0.529. The van der Waals surface area contributed by atoms with Gasteiger partial charge in [-0.15, -0.1) is 11.3 Å². The molecule has 0 aromatic carbocycles. The average Bonchev–Trinajstić information content (AvgIpc) is 3.09. The first-order chi connectivity index (χ1) is 10.2. The predicted molar refractivity (Wildman–Crippen MR) is 89.5 cm³/mol. The molecule has 116 valence electrons. The summed E-state index contributed by atoms with van der Waals surface area (Å²) in [6, 6.07) is 6.35. The topological polar surface area (TPSA) is 28.4 Å². The minimum atomic E-state index is 0.877. The Balaban J connectivity index is 1.93. The van der Waals surface area contributed by atoms with Crippen molar-refractivity contribution in [1.29, 1.82) is 0 Å². The van der Waals surface area contributed by atoms with Crippen molar-refractivity contribution in [3.63, 3.8) is 0 Å². The lowest BCUT2D eigenvalue weighted by atomic mass is 10.2. The van der Waals surface area contributed by atoms with Crippen molar-refractivity contribution in [2.24, 2.45) is 0 Å². The molecule has 0 unspecified atom stereocenters. The number of thiophene rings is 1. The smallest absolute Gasteiger partial charge is 0.117 e. The number of rotatable bonds is 9. The Bertz CT molecular complexity index is 519. The van der Waals surface area contributed by atoms with Crippen LogP contribution in [0.2, 0.25) is 0 Å². The molecule has 3 nitrogen and oxygen atoms in total. The number of aryl methyl sites for hydroxylation is 1. The highest BCUT2D eigenvalue weighted by Crippen LogP contribution is 2.23. The predicted octanol–water partition coefficient (Wildman–Crippen LogP) is 4.17. The van der Waals surface area contributed by atoms with Gasteiger partial charge in [-0.05, 0) is 50.2 Å². The maximum absolute atomic E-state index is 5.46. The van der Waals surface area contributed by atoms with Gasteiger partial charge in [-0.1, -0.05) is 13.8 Å². The van der Waals surface area contributed by atoms with Crippen LogP contribution in [0.3, 0.4) is 0 Å². The molecule has 0 amide bonds. The normalized spacial score (nSPS) is 11.4. The van der Waals surface area contributed by atoms with E-state index in [0.717, 1.165) is 38.5 Å². The maximum Gasteiger partial charge on any atom is 0.117 e. The maximum atomic E-state index is 5.46. The van der Waals surface area contributed by atoms with Gasteiger partial charge in [-0.2, -0.15) is 0 Å². The zero-order valence-electron chi connectivity index (χ0n) is 13.3. The molecule has 0 aliphatic heterocycles. The Labute approximate surface area is 132 Å². The molecule has 0 saturated carbocycles. The number of hydrogen-bond acceptors (Lipinski definition) is 4. The van der Waals surface area contributed by atoms with E-state index in [0.29, 0.717) is 0 Å². The first-order valence-electron chi connectivity index (χ1n) is 7.76. The Morgan fingerprint density at radius 3 is 2.81 bits per heavy atom. The molecule has 2 aromatic rings. The molecule has 2 aromatic heterocycles. The van der Waals surface area contributed by atoms with Crippen LogP contribution in [-0.4, -0.2) is 18.0 Å². The van der Waals surface area contributed by atoms with Crippen molar-refractivity contribution < 1.29 is 4.42 Å². The largest absolute Gasteiger partial charge is 0.468 e. The quantitative estimate of drug-likeness (QED) is 0.705. The summed E-state index contributed by atoms with van der Waals surface area (Å²) in [7, 11) is 0. The van der Waals surface area contributed by atoms with Gasteiger partial charge in [-0.25, -0.2) is 0 Å². The molecule has 0 bridgehead atoms. The second kappa shape index (κ2) is 8.37. The molecule has 0 spiro atoms. The summed E-state index contributed by atoms with van der Waals surface area (Å²) in [6.07, 6.45) is 2.93. The summed E-state index contributed by atoms with van der Waals surface area (Å²) in [5.74, 6) is 1.04. The fourth-order valence-electron chi connectivity index (χ4n) is 2.36. The number of nitrogens with one attached hydrogen (secondary N) is 1. The van der Waals surface area contributed by atoms with Crippen molar-refractivity contribution in [2.75, 3.05) is 13.1 Å². The SMILES string of the molecule is CCCNCc1cc(CN(CC)Cc2ccco2)c(C)s1. The van der Waals surface area contributed by atoms with Crippen LogP contribution in [0.4, 0.5) is 0 Å². The minimum Gasteiger partial charge on any atom is -0.468 e. The lowest BCUT2D eigenvalue weighted by Crippen LogP contribution is -2.22. The summed E-state index contributed by atoms with van der Waals surface area (Å²) in [6.45, 7) is 11.6. The van der Waals surface area contributed by atoms with Crippen molar-refractivity contribution >= 4 is 11.3 Å². The van der Waals surface area contributed by atoms with E-state index in [1.54, 1.807) is 6.26 Å². The second-order valence-corrected chi connectivity index (χ2v) is 6.69. The standard InChI is InChI=1S/C17H26N2OS/c1-4-8-18-11-17-10-15(14(3)21-17)12-19(5-2)13-16-7-6-9-20-16/h6-7,9-10,18H,4-5,8,11-13H2,1-3H3. The number of nitrogens with zero attached hydrogens (tertiary/aromatic N) is 1. The Hall–Kier alpha value is -1.10. The van der Waals surface area contributed by atoms with Crippen LogP contribution in [0.15, 0.2) is 28.9 Å². The van der Waals surface area contributed by atoms with E-state index in [9.17, 15) is 0 Å². The van der Waals surface area contributed by atoms with Crippen LogP contribution in [-0.2, 0) is 19.6 Å². The molecule has 21 heavy (non-hydrogen) atoms. The number of furan rings is 1. The van der Waals surface area contributed by atoms with Gasteiger partial charge in [-0.3, -0.25) is 4.90 Å². The van der Waals surface area contributed by atoms with Crippen LogP contribution in [0, 0.1) is 6.92 Å². The van der Waals surface area contributed by atoms with E-state index < -0.39 is 0 Å². The van der Waals surface area contributed by atoms with Gasteiger partial charge < -0.3 is 9.73 Å². The zero-order chi connectivity index (χ0) is 15.1. The van der Waals surface area contributed by atoms with Crippen molar-refractivity contribution in [2.45, 2.75) is 46.8 Å². The molecule has 1 N–H and O–H groups in total. The van der Waals surface area contributed by atoms with Gasteiger partial charge in [0.05, 0.1) is 12.8 Å². The minimum absolute atomic E-state index is 0.877. The molecule has 2 rings (SSSR count). The molecular formula is C17H26N2OS. The van der Waals surface area contributed by atoms with Gasteiger partial charge in [0.2, 0.25) is 0 Å². The highest BCUT2D eigenvalue weighted by Gasteiger charge is 2.11. The van der Waals surface area contributed by atoms with Crippen LogP contribution in [0.25, 0.3) is 0 Å². The fourth-order valence-corrected chi connectivity index (χ4v) is 3.39. The Kier molecular flexibility index (Phi) is 6.49. The lowest BCUT2D eigenvalue weighted by Gasteiger charge is -2.18. The highest BCUT2D eigenvalue weighted by molar-refractivity contribution is 7.12. The monoisotopic (exact) mass is 306 g/mol. The van der Waals surface area contributed by atoms with Crippen molar-refractivity contribution in [3.05, 3.63) is 45.5 Å². The van der Waals surface area contributed by atoms with E-state index in [2.05, 4.69) is 37.1 Å². The molecule has 0 atom stereocenters. The van der Waals surface area contributed by atoms with Crippen LogP contribution < -0.4 is 5.32 Å². The lowest BCUT2D eigenvalue weighted by molar-refractivity contribution is 0.247. The molecular weight excluding hydrogens is 280 g/mol. The van der Waals surface area contributed by atoms with Crippen LogP contribution in [0.5, 0.6) is 0 Å². The van der Waals surface area contributed by atoms with Gasteiger partial charge in [0.25, 0.3) is 0 Å². The highest BCUT2D eigenvalue weighted by atomic mass is 32.1. The summed E-state index contributed by atoms with van der Waals surface area (Å²) >= 11 is 1.91. The first kappa shape index (κ1) is 16.3.